The molecule has 1 heterocycles. The van der Waals surface area contributed by atoms with Crippen molar-refractivity contribution in [3.63, 3.8) is 0 Å². The van der Waals surface area contributed by atoms with Crippen LogP contribution >= 0.6 is 12.2 Å². The molecule has 21 heavy (non-hydrogen) atoms. The largest absolute Gasteiger partial charge is 0.496 e. The van der Waals surface area contributed by atoms with Gasteiger partial charge in [-0.2, -0.15) is 0 Å². The predicted molar refractivity (Wildman–Crippen MR) is 88.8 cm³/mol. The number of benzene rings is 1. The second-order valence-corrected chi connectivity index (χ2v) is 5.88. The first-order valence-electron chi connectivity index (χ1n) is 7.34. The average molecular weight is 308 g/mol. The highest BCUT2D eigenvalue weighted by Crippen LogP contribution is 2.21. The van der Waals surface area contributed by atoms with E-state index in [-0.39, 0.29) is 0 Å². The van der Waals surface area contributed by atoms with E-state index in [0.717, 1.165) is 49.0 Å². The molecule has 1 aliphatic rings. The van der Waals surface area contributed by atoms with Gasteiger partial charge >= 0.3 is 0 Å². The number of nitrogens with zero attached hydrogens (tertiary/aromatic N) is 1. The van der Waals surface area contributed by atoms with Crippen LogP contribution in [0.2, 0.25) is 0 Å². The minimum absolute atomic E-state index is 0.296. The molecule has 0 radical (unpaired) electrons. The Morgan fingerprint density at radius 3 is 3.00 bits per heavy atom. The summed E-state index contributed by atoms with van der Waals surface area (Å²) in [6.45, 7) is 4.46. The molecule has 1 saturated heterocycles. The minimum Gasteiger partial charge on any atom is -0.496 e. The molecule has 1 fully saturated rings. The summed E-state index contributed by atoms with van der Waals surface area (Å²) in [6.07, 6.45) is 2.56. The first-order chi connectivity index (χ1) is 10.1. The monoisotopic (exact) mass is 308 g/mol. The summed E-state index contributed by atoms with van der Waals surface area (Å²) in [7, 11) is 3.69. The van der Waals surface area contributed by atoms with E-state index in [2.05, 4.69) is 24.4 Å². The van der Waals surface area contributed by atoms with Crippen molar-refractivity contribution in [2.24, 2.45) is 0 Å². The fraction of sp³-hybridized carbons (Fsp3) is 0.562. The number of rotatable bonds is 5. The van der Waals surface area contributed by atoms with Crippen LogP contribution in [0.3, 0.4) is 0 Å². The highest BCUT2D eigenvalue weighted by molar-refractivity contribution is 7.80. The molecule has 116 valence electrons. The van der Waals surface area contributed by atoms with Crippen LogP contribution in [0.1, 0.15) is 24.0 Å². The van der Waals surface area contributed by atoms with Crippen molar-refractivity contribution in [1.82, 2.24) is 10.2 Å². The number of thiocarbonyl (C=S) groups is 1. The molecule has 1 aliphatic heterocycles. The molecular formula is C16H24N2O2S. The third kappa shape index (κ3) is 4.58. The normalized spacial score (nSPS) is 17.6. The fourth-order valence-electron chi connectivity index (χ4n) is 2.50. The maximum atomic E-state index is 5.59. The summed E-state index contributed by atoms with van der Waals surface area (Å²) in [5, 5.41) is 4.03. The number of ether oxygens (including phenoxy) is 2. The highest BCUT2D eigenvalue weighted by Gasteiger charge is 2.16. The Morgan fingerprint density at radius 1 is 1.52 bits per heavy atom. The summed E-state index contributed by atoms with van der Waals surface area (Å²) in [4.78, 5) is 2.03. The first-order valence-corrected chi connectivity index (χ1v) is 7.75. The van der Waals surface area contributed by atoms with Crippen LogP contribution in [0.15, 0.2) is 18.2 Å². The average Bonchev–Trinajstić information content (AvgIpc) is 2.98. The molecule has 5 heteroatoms. The standard InChI is InChI=1S/C16H24N2O2S/c1-12-6-7-15(19-3)13(9-12)11-18(2)16(21)17-10-14-5-4-8-20-14/h6-7,9,14H,4-5,8,10-11H2,1-3H3,(H,17,21)/t14-/m0/s1. The number of hydrogen-bond donors (Lipinski definition) is 1. The van der Waals surface area contributed by atoms with Crippen LogP contribution in [0.5, 0.6) is 5.75 Å². The van der Waals surface area contributed by atoms with Gasteiger partial charge in [0.05, 0.1) is 13.2 Å². The van der Waals surface area contributed by atoms with Crippen molar-refractivity contribution < 1.29 is 9.47 Å². The zero-order chi connectivity index (χ0) is 15.2. The summed E-state index contributed by atoms with van der Waals surface area (Å²) < 4.78 is 11.0. The van der Waals surface area contributed by atoms with Crippen LogP contribution in [0.4, 0.5) is 0 Å². The Hall–Kier alpha value is -1.33. The fourth-order valence-corrected chi connectivity index (χ4v) is 2.65. The van der Waals surface area contributed by atoms with Crippen LogP contribution < -0.4 is 10.1 Å². The quantitative estimate of drug-likeness (QED) is 0.845. The zero-order valence-corrected chi connectivity index (χ0v) is 13.8. The molecule has 0 unspecified atom stereocenters. The third-order valence-electron chi connectivity index (χ3n) is 3.70. The topological polar surface area (TPSA) is 33.7 Å². The first kappa shape index (κ1) is 16.0. The number of hydrogen-bond acceptors (Lipinski definition) is 3. The Morgan fingerprint density at radius 2 is 2.33 bits per heavy atom. The van der Waals surface area contributed by atoms with Crippen LogP contribution in [0.25, 0.3) is 0 Å². The smallest absolute Gasteiger partial charge is 0.169 e. The van der Waals surface area contributed by atoms with Gasteiger partial charge in [0, 0.05) is 32.3 Å². The second-order valence-electron chi connectivity index (χ2n) is 5.49. The molecule has 1 N–H and O–H groups in total. The van der Waals surface area contributed by atoms with E-state index in [4.69, 9.17) is 21.7 Å². The van der Waals surface area contributed by atoms with Gasteiger partial charge in [-0.1, -0.05) is 17.7 Å². The highest BCUT2D eigenvalue weighted by atomic mass is 32.1. The third-order valence-corrected chi connectivity index (χ3v) is 4.15. The van der Waals surface area contributed by atoms with Crippen LogP contribution in [-0.2, 0) is 11.3 Å². The molecule has 0 saturated carbocycles. The van der Waals surface area contributed by atoms with Gasteiger partial charge in [0.25, 0.3) is 0 Å². The van der Waals surface area contributed by atoms with Gasteiger partial charge in [0.15, 0.2) is 5.11 Å². The van der Waals surface area contributed by atoms with Crippen molar-refractivity contribution in [2.75, 3.05) is 27.3 Å². The van der Waals surface area contributed by atoms with Crippen molar-refractivity contribution >= 4 is 17.3 Å². The molecule has 0 amide bonds. The summed E-state index contributed by atoms with van der Waals surface area (Å²) in [5.74, 6) is 0.898. The van der Waals surface area contributed by atoms with E-state index in [9.17, 15) is 0 Å². The van der Waals surface area contributed by atoms with Gasteiger partial charge in [-0.3, -0.25) is 0 Å². The van der Waals surface area contributed by atoms with Gasteiger partial charge < -0.3 is 19.7 Å². The molecule has 4 nitrogen and oxygen atoms in total. The summed E-state index contributed by atoms with van der Waals surface area (Å²) in [6, 6.07) is 6.19. The Labute approximate surface area is 132 Å². The van der Waals surface area contributed by atoms with Crippen LogP contribution in [0, 0.1) is 6.92 Å². The van der Waals surface area contributed by atoms with Gasteiger partial charge in [0.1, 0.15) is 5.75 Å². The Balaban J connectivity index is 1.89. The van der Waals surface area contributed by atoms with Gasteiger partial charge in [-0.05, 0) is 38.0 Å². The lowest BCUT2D eigenvalue weighted by Crippen LogP contribution is -2.40. The Kier molecular flexibility index (Phi) is 5.82. The molecule has 1 aromatic rings. The van der Waals surface area contributed by atoms with Gasteiger partial charge in [-0.15, -0.1) is 0 Å². The molecule has 0 aliphatic carbocycles. The lowest BCUT2D eigenvalue weighted by molar-refractivity contribution is 0.113. The van der Waals surface area contributed by atoms with Crippen molar-refractivity contribution in [2.45, 2.75) is 32.4 Å². The second kappa shape index (κ2) is 7.61. The van der Waals surface area contributed by atoms with E-state index < -0.39 is 0 Å². The Bertz CT molecular complexity index is 487. The molecule has 0 bridgehead atoms. The SMILES string of the molecule is COc1ccc(C)cc1CN(C)C(=S)NC[C@@H]1CCCO1. The van der Waals surface area contributed by atoms with E-state index >= 15 is 0 Å². The predicted octanol–water partition coefficient (Wildman–Crippen LogP) is 2.49. The van der Waals surface area contributed by atoms with E-state index in [1.165, 1.54) is 5.56 Å². The van der Waals surface area contributed by atoms with Crippen molar-refractivity contribution in [3.05, 3.63) is 29.3 Å². The maximum Gasteiger partial charge on any atom is 0.169 e. The van der Waals surface area contributed by atoms with Gasteiger partial charge in [-0.25, -0.2) is 0 Å². The van der Waals surface area contributed by atoms with Gasteiger partial charge in [0.2, 0.25) is 0 Å². The number of aryl methyl sites for hydroxylation is 1. The molecule has 0 spiro atoms. The molecule has 0 aromatic heterocycles. The zero-order valence-electron chi connectivity index (χ0n) is 13.0. The maximum absolute atomic E-state index is 5.59. The number of nitrogens with one attached hydrogen (secondary N) is 1. The van der Waals surface area contributed by atoms with E-state index in [1.54, 1.807) is 7.11 Å². The van der Waals surface area contributed by atoms with E-state index in [1.807, 2.05) is 18.0 Å². The molecule has 1 aromatic carbocycles. The number of methoxy groups -OCH3 is 1. The summed E-state index contributed by atoms with van der Waals surface area (Å²) in [5.41, 5.74) is 2.36. The van der Waals surface area contributed by atoms with Crippen molar-refractivity contribution in [3.8, 4) is 5.75 Å². The molecular weight excluding hydrogens is 284 g/mol. The van der Waals surface area contributed by atoms with Crippen molar-refractivity contribution in [1.29, 1.82) is 0 Å². The van der Waals surface area contributed by atoms with Crippen LogP contribution in [-0.4, -0.2) is 43.4 Å². The lowest BCUT2D eigenvalue weighted by atomic mass is 10.1. The summed E-state index contributed by atoms with van der Waals surface area (Å²) >= 11 is 5.44. The minimum atomic E-state index is 0.296. The molecule has 1 atom stereocenters. The molecule has 2 rings (SSSR count). The van der Waals surface area contributed by atoms with E-state index in [0.29, 0.717) is 6.10 Å². The lowest BCUT2D eigenvalue weighted by Gasteiger charge is -2.23.